The van der Waals surface area contributed by atoms with Crippen LogP contribution >= 0.6 is 0 Å². The van der Waals surface area contributed by atoms with Crippen molar-refractivity contribution in [2.45, 2.75) is 45.1 Å². The number of Topliss-reactive ketones (excluding diaryl/α,β-unsaturated/α-hetero) is 1. The molecule has 2 aliphatic rings. The van der Waals surface area contributed by atoms with Crippen LogP contribution in [0.3, 0.4) is 0 Å². The van der Waals surface area contributed by atoms with Gasteiger partial charge >= 0.3 is 0 Å². The lowest BCUT2D eigenvalue weighted by molar-refractivity contribution is -0.139. The van der Waals surface area contributed by atoms with E-state index in [-0.39, 0.29) is 11.3 Å². The third-order valence-corrected chi connectivity index (χ3v) is 6.97. The molecule has 1 fully saturated rings. The molecule has 0 radical (unpaired) electrons. The Morgan fingerprint density at radius 1 is 1.06 bits per heavy atom. The highest BCUT2D eigenvalue weighted by Gasteiger charge is 2.46. The molecule has 4 rings (SSSR count). The van der Waals surface area contributed by atoms with Crippen molar-refractivity contribution in [1.29, 1.82) is 0 Å². The quantitative estimate of drug-likeness (QED) is 0.319. The van der Waals surface area contributed by atoms with Gasteiger partial charge in [-0.3, -0.25) is 9.59 Å². The molecule has 0 bridgehead atoms. The van der Waals surface area contributed by atoms with Gasteiger partial charge < -0.3 is 24.4 Å². The average molecular weight is 493 g/mol. The first kappa shape index (κ1) is 25.8. The van der Waals surface area contributed by atoms with Crippen molar-refractivity contribution in [3.05, 3.63) is 64.2 Å². The van der Waals surface area contributed by atoms with E-state index in [9.17, 15) is 14.7 Å². The van der Waals surface area contributed by atoms with Gasteiger partial charge in [0.05, 0.1) is 25.3 Å². The van der Waals surface area contributed by atoms with Gasteiger partial charge in [-0.15, -0.1) is 0 Å². The van der Waals surface area contributed by atoms with E-state index in [1.54, 1.807) is 24.1 Å². The number of aliphatic hydroxyl groups excluding tert-OH is 1. The van der Waals surface area contributed by atoms with Crippen LogP contribution in [0.5, 0.6) is 11.5 Å². The van der Waals surface area contributed by atoms with E-state index in [2.05, 4.69) is 0 Å². The van der Waals surface area contributed by atoms with Gasteiger partial charge in [-0.05, 0) is 94.6 Å². The van der Waals surface area contributed by atoms with Gasteiger partial charge in [-0.1, -0.05) is 18.2 Å². The number of methoxy groups -OCH3 is 1. The van der Waals surface area contributed by atoms with Gasteiger partial charge in [0, 0.05) is 12.1 Å². The fraction of sp³-hybridized carbons (Fsp3) is 0.448. The molecule has 1 N–H and O–H groups in total. The molecule has 1 atom stereocenters. The first-order chi connectivity index (χ1) is 17.3. The average Bonchev–Trinajstić information content (AvgIpc) is 3.13. The number of carbonyl (C=O) groups excluding carboxylic acids is 2. The minimum absolute atomic E-state index is 0.117. The van der Waals surface area contributed by atoms with Gasteiger partial charge in [0.15, 0.2) is 11.5 Å². The summed E-state index contributed by atoms with van der Waals surface area (Å²) in [6.07, 6.45) is 4.95. The zero-order valence-electron chi connectivity index (χ0n) is 21.7. The van der Waals surface area contributed by atoms with Gasteiger partial charge in [-0.2, -0.15) is 0 Å². The number of carbonyl (C=O) groups is 2. The molecule has 1 saturated heterocycles. The number of ketones is 1. The van der Waals surface area contributed by atoms with Crippen molar-refractivity contribution in [2.75, 3.05) is 40.9 Å². The van der Waals surface area contributed by atoms with Crippen LogP contribution < -0.4 is 9.47 Å². The van der Waals surface area contributed by atoms with Crippen LogP contribution in [0, 0.1) is 0 Å². The van der Waals surface area contributed by atoms with Gasteiger partial charge in [0.2, 0.25) is 0 Å². The Labute approximate surface area is 213 Å². The second-order valence-electron chi connectivity index (χ2n) is 9.68. The zero-order valence-corrected chi connectivity index (χ0v) is 21.7. The van der Waals surface area contributed by atoms with Crippen LogP contribution in [0.4, 0.5) is 0 Å². The Balaban J connectivity index is 1.81. The maximum absolute atomic E-state index is 13.3. The molecule has 192 valence electrons. The van der Waals surface area contributed by atoms with Crippen molar-refractivity contribution >= 4 is 17.4 Å². The lowest BCUT2D eigenvalue weighted by Crippen LogP contribution is -2.32. The number of aliphatic hydroxyl groups is 1. The van der Waals surface area contributed by atoms with Crippen LogP contribution in [-0.2, 0) is 22.4 Å². The number of aryl methyl sites for hydroxylation is 2. The minimum atomic E-state index is -0.715. The van der Waals surface area contributed by atoms with Crippen LogP contribution in [-0.4, -0.2) is 67.5 Å². The second-order valence-corrected chi connectivity index (χ2v) is 9.68. The van der Waals surface area contributed by atoms with Crippen molar-refractivity contribution in [3.63, 3.8) is 0 Å². The summed E-state index contributed by atoms with van der Waals surface area (Å²) in [6.45, 7) is 3.54. The molecular weight excluding hydrogens is 456 g/mol. The maximum atomic E-state index is 13.3. The largest absolute Gasteiger partial charge is 0.507 e. The summed E-state index contributed by atoms with van der Waals surface area (Å²) in [5.41, 5.74) is 3.87. The van der Waals surface area contributed by atoms with Crippen LogP contribution in [0.25, 0.3) is 5.76 Å². The highest BCUT2D eigenvalue weighted by Crippen LogP contribution is 2.42. The number of amides is 1. The summed E-state index contributed by atoms with van der Waals surface area (Å²) in [6, 6.07) is 10.6. The summed E-state index contributed by atoms with van der Waals surface area (Å²) in [5.74, 6) is -0.279. The number of fused-ring (bicyclic) bond motifs is 1. The minimum Gasteiger partial charge on any atom is -0.507 e. The predicted octanol–water partition coefficient (Wildman–Crippen LogP) is 4.35. The fourth-order valence-electron chi connectivity index (χ4n) is 5.18. The van der Waals surface area contributed by atoms with Gasteiger partial charge in [-0.25, -0.2) is 0 Å². The Morgan fingerprint density at radius 2 is 1.81 bits per heavy atom. The monoisotopic (exact) mass is 492 g/mol. The van der Waals surface area contributed by atoms with Gasteiger partial charge in [0.25, 0.3) is 11.7 Å². The topological polar surface area (TPSA) is 79.3 Å². The Hall–Kier alpha value is -3.32. The molecule has 0 saturated carbocycles. The second kappa shape index (κ2) is 11.2. The zero-order chi connectivity index (χ0) is 25.8. The number of hydrogen-bond donors (Lipinski definition) is 1. The van der Waals surface area contributed by atoms with Crippen molar-refractivity contribution < 1.29 is 24.2 Å². The van der Waals surface area contributed by atoms with Crippen molar-refractivity contribution in [1.82, 2.24) is 9.80 Å². The number of hydrogen-bond acceptors (Lipinski definition) is 6. The normalized spacial score (nSPS) is 19.0. The lowest BCUT2D eigenvalue weighted by Gasteiger charge is -2.26. The smallest absolute Gasteiger partial charge is 0.295 e. The van der Waals surface area contributed by atoms with Crippen molar-refractivity contribution in [2.24, 2.45) is 0 Å². The summed E-state index contributed by atoms with van der Waals surface area (Å²) in [5, 5.41) is 11.5. The summed E-state index contributed by atoms with van der Waals surface area (Å²) in [7, 11) is 5.50. The highest BCUT2D eigenvalue weighted by molar-refractivity contribution is 6.46. The van der Waals surface area contributed by atoms with E-state index < -0.39 is 17.7 Å². The molecule has 7 nitrogen and oxygen atoms in total. The molecule has 1 aliphatic heterocycles. The Bertz CT molecular complexity index is 1170. The molecule has 2 aromatic rings. The molecule has 1 heterocycles. The summed E-state index contributed by atoms with van der Waals surface area (Å²) >= 11 is 0. The van der Waals surface area contributed by atoms with Crippen LogP contribution in [0.2, 0.25) is 0 Å². The van der Waals surface area contributed by atoms with E-state index in [4.69, 9.17) is 9.47 Å². The van der Waals surface area contributed by atoms with E-state index >= 15 is 0 Å². The summed E-state index contributed by atoms with van der Waals surface area (Å²) in [4.78, 5) is 30.2. The number of ether oxygens (including phenoxy) is 2. The summed E-state index contributed by atoms with van der Waals surface area (Å²) < 4.78 is 11.2. The SMILES string of the molecule is CCOc1ccc(C2/C(=C(\O)c3ccc4c(c3)CCCC4)C(=O)C(=O)N2CCCN(C)C)cc1OC. The number of nitrogens with zero attached hydrogens (tertiary/aromatic N) is 2. The molecule has 2 aromatic carbocycles. The highest BCUT2D eigenvalue weighted by atomic mass is 16.5. The van der Waals surface area contributed by atoms with Crippen LogP contribution in [0.15, 0.2) is 42.0 Å². The van der Waals surface area contributed by atoms with E-state index in [1.807, 2.05) is 50.2 Å². The molecule has 0 aromatic heterocycles. The maximum Gasteiger partial charge on any atom is 0.295 e. The lowest BCUT2D eigenvalue weighted by atomic mass is 9.88. The number of rotatable bonds is 9. The number of benzene rings is 2. The predicted molar refractivity (Wildman–Crippen MR) is 139 cm³/mol. The standard InChI is InChI=1S/C29H36N2O5/c1-5-36-23-14-13-21(18-24(23)35-4)26-25(28(33)29(34)31(26)16-8-15-30(2)3)27(32)22-12-11-19-9-6-7-10-20(19)17-22/h11-14,17-18,26,32H,5-10,15-16H2,1-4H3/b27-25+. The molecule has 1 unspecified atom stereocenters. The fourth-order valence-corrected chi connectivity index (χ4v) is 5.18. The Kier molecular flexibility index (Phi) is 7.99. The third-order valence-electron chi connectivity index (χ3n) is 6.97. The van der Waals surface area contributed by atoms with Crippen LogP contribution in [0.1, 0.15) is 54.5 Å². The molecule has 1 aliphatic carbocycles. The third kappa shape index (κ3) is 5.12. The molecule has 1 amide bonds. The first-order valence-corrected chi connectivity index (χ1v) is 12.7. The Morgan fingerprint density at radius 3 is 2.50 bits per heavy atom. The molecule has 36 heavy (non-hydrogen) atoms. The molecule has 0 spiro atoms. The van der Waals surface area contributed by atoms with E-state index in [0.29, 0.717) is 42.2 Å². The van der Waals surface area contributed by atoms with E-state index in [0.717, 1.165) is 32.2 Å². The van der Waals surface area contributed by atoms with Gasteiger partial charge in [0.1, 0.15) is 5.76 Å². The van der Waals surface area contributed by atoms with E-state index in [1.165, 1.54) is 11.1 Å². The number of likely N-dealkylation sites (tertiary alicyclic amines) is 1. The first-order valence-electron chi connectivity index (χ1n) is 12.7. The molecule has 7 heteroatoms. The molecular formula is C29H36N2O5. The van der Waals surface area contributed by atoms with Crippen molar-refractivity contribution in [3.8, 4) is 11.5 Å².